The standard InChI is InChI=1S/C18H22ClN3O5S/c1-10-16(21-22-20)17(26-12(3)24)15(8-25-11(2)23)27-18(10)28-9-13-4-6-14(19)7-5-13/h4-7,10,15-18H,8-9H2,1-3H3/t10?,15?,16-,17+,18-/m1/s1. The van der Waals surface area contributed by atoms with Gasteiger partial charge in [-0.2, -0.15) is 0 Å². The molecule has 8 nitrogen and oxygen atoms in total. The predicted molar refractivity (Wildman–Crippen MR) is 106 cm³/mol. The van der Waals surface area contributed by atoms with Gasteiger partial charge < -0.3 is 14.2 Å². The molecule has 0 amide bonds. The van der Waals surface area contributed by atoms with Gasteiger partial charge in [-0.1, -0.05) is 35.8 Å². The van der Waals surface area contributed by atoms with E-state index in [0.29, 0.717) is 10.8 Å². The third-order valence-corrected chi connectivity index (χ3v) is 5.87. The number of hydrogen-bond acceptors (Lipinski definition) is 7. The lowest BCUT2D eigenvalue weighted by molar-refractivity contribution is -0.182. The van der Waals surface area contributed by atoms with E-state index in [1.807, 2.05) is 31.2 Å². The minimum atomic E-state index is -0.838. The van der Waals surface area contributed by atoms with Crippen molar-refractivity contribution in [1.82, 2.24) is 0 Å². The van der Waals surface area contributed by atoms with Crippen molar-refractivity contribution in [2.75, 3.05) is 6.61 Å². The van der Waals surface area contributed by atoms with Crippen LogP contribution >= 0.6 is 23.4 Å². The van der Waals surface area contributed by atoms with E-state index < -0.39 is 30.2 Å². The summed E-state index contributed by atoms with van der Waals surface area (Å²) in [5, 5.41) is 4.50. The molecule has 2 rings (SSSR count). The van der Waals surface area contributed by atoms with Gasteiger partial charge in [-0.05, 0) is 23.2 Å². The van der Waals surface area contributed by atoms with Crippen LogP contribution in [0.15, 0.2) is 29.4 Å². The molecule has 1 aromatic carbocycles. The van der Waals surface area contributed by atoms with Gasteiger partial charge in [0.1, 0.15) is 24.3 Å². The lowest BCUT2D eigenvalue weighted by atomic mass is 9.91. The van der Waals surface area contributed by atoms with Crippen molar-refractivity contribution in [2.24, 2.45) is 11.0 Å². The SMILES string of the molecule is CC(=O)OCC1O[C@H](SCc2ccc(Cl)cc2)C(C)[C@@H](N=[N+]=[N-])[C@H]1OC(C)=O. The molecule has 5 atom stereocenters. The highest BCUT2D eigenvalue weighted by Gasteiger charge is 2.46. The van der Waals surface area contributed by atoms with Crippen LogP contribution in [0, 0.1) is 5.92 Å². The molecule has 0 aliphatic carbocycles. The summed E-state index contributed by atoms with van der Waals surface area (Å²) in [7, 11) is 0. The lowest BCUT2D eigenvalue weighted by Crippen LogP contribution is -2.55. The number of azide groups is 1. The van der Waals surface area contributed by atoms with Gasteiger partial charge in [0.25, 0.3) is 0 Å². The number of nitrogens with zero attached hydrogens (tertiary/aromatic N) is 3. The first kappa shape index (κ1) is 22.4. The van der Waals surface area contributed by atoms with E-state index in [4.69, 9.17) is 31.3 Å². The Morgan fingerprint density at radius 3 is 2.54 bits per heavy atom. The highest BCUT2D eigenvalue weighted by atomic mass is 35.5. The molecule has 10 heteroatoms. The van der Waals surface area contributed by atoms with Crippen LogP contribution in [0.4, 0.5) is 0 Å². The second kappa shape index (κ2) is 10.6. The van der Waals surface area contributed by atoms with Gasteiger partial charge in [-0.3, -0.25) is 9.59 Å². The number of rotatable bonds is 7. The average Bonchev–Trinajstić information content (AvgIpc) is 2.64. The number of benzene rings is 1. The van der Waals surface area contributed by atoms with E-state index in [9.17, 15) is 9.59 Å². The second-order valence-electron chi connectivity index (χ2n) is 6.41. The topological polar surface area (TPSA) is 111 Å². The Kier molecular flexibility index (Phi) is 8.44. The van der Waals surface area contributed by atoms with E-state index >= 15 is 0 Å². The van der Waals surface area contributed by atoms with Gasteiger partial charge in [-0.15, -0.1) is 11.8 Å². The van der Waals surface area contributed by atoms with Crippen molar-refractivity contribution in [2.45, 2.75) is 50.2 Å². The zero-order valence-corrected chi connectivity index (χ0v) is 17.4. The molecule has 28 heavy (non-hydrogen) atoms. The quantitative estimate of drug-likeness (QED) is 0.280. The number of halogens is 1. The Morgan fingerprint density at radius 2 is 1.96 bits per heavy atom. The average molecular weight is 428 g/mol. The van der Waals surface area contributed by atoms with Crippen molar-refractivity contribution < 1.29 is 23.8 Å². The summed E-state index contributed by atoms with van der Waals surface area (Å²) in [4.78, 5) is 25.7. The first-order chi connectivity index (χ1) is 13.3. The van der Waals surface area contributed by atoms with E-state index in [0.717, 1.165) is 5.56 Å². The minimum absolute atomic E-state index is 0.102. The van der Waals surface area contributed by atoms with Crippen molar-refractivity contribution in [3.8, 4) is 0 Å². The van der Waals surface area contributed by atoms with Crippen molar-refractivity contribution in [3.05, 3.63) is 45.3 Å². The summed E-state index contributed by atoms with van der Waals surface area (Å²) in [6.07, 6.45) is -1.57. The zero-order valence-electron chi connectivity index (χ0n) is 15.8. The predicted octanol–water partition coefficient (Wildman–Crippen LogP) is 4.11. The number of ether oxygens (including phenoxy) is 3. The molecule has 1 aromatic rings. The van der Waals surface area contributed by atoms with Crippen LogP contribution in [0.1, 0.15) is 26.3 Å². The highest BCUT2D eigenvalue weighted by Crippen LogP contribution is 2.37. The highest BCUT2D eigenvalue weighted by molar-refractivity contribution is 7.99. The molecular formula is C18H22ClN3O5S. The van der Waals surface area contributed by atoms with Gasteiger partial charge in [-0.25, -0.2) is 0 Å². The molecule has 0 N–H and O–H groups in total. The smallest absolute Gasteiger partial charge is 0.303 e. The molecule has 1 aliphatic heterocycles. The van der Waals surface area contributed by atoms with Gasteiger partial charge in [0.2, 0.25) is 0 Å². The molecule has 0 bridgehead atoms. The second-order valence-corrected chi connectivity index (χ2v) is 7.93. The van der Waals surface area contributed by atoms with E-state index in [2.05, 4.69) is 10.0 Å². The third kappa shape index (κ3) is 6.31. The molecule has 1 fully saturated rings. The van der Waals surface area contributed by atoms with Gasteiger partial charge in [0.05, 0.1) is 6.04 Å². The number of carbonyl (C=O) groups excluding carboxylic acids is 2. The maximum atomic E-state index is 11.5. The van der Waals surface area contributed by atoms with Crippen LogP contribution in [-0.4, -0.2) is 42.2 Å². The third-order valence-electron chi connectivity index (χ3n) is 4.25. The van der Waals surface area contributed by atoms with E-state index in [1.54, 1.807) is 0 Å². The van der Waals surface area contributed by atoms with Crippen LogP contribution < -0.4 is 0 Å². The molecule has 1 aliphatic rings. The fourth-order valence-electron chi connectivity index (χ4n) is 2.91. The summed E-state index contributed by atoms with van der Waals surface area (Å²) in [5.74, 6) is -0.590. The van der Waals surface area contributed by atoms with Crippen molar-refractivity contribution in [1.29, 1.82) is 0 Å². The van der Waals surface area contributed by atoms with Gasteiger partial charge in [0.15, 0.2) is 0 Å². The first-order valence-corrected chi connectivity index (χ1v) is 10.1. The Balaban J connectivity index is 2.18. The van der Waals surface area contributed by atoms with Crippen LogP contribution in [0.5, 0.6) is 0 Å². The number of hydrogen-bond donors (Lipinski definition) is 0. The number of thioether (sulfide) groups is 1. The Labute approximate surface area is 172 Å². The van der Waals surface area contributed by atoms with Crippen LogP contribution in [0.25, 0.3) is 10.4 Å². The Morgan fingerprint density at radius 1 is 1.29 bits per heavy atom. The summed E-state index contributed by atoms with van der Waals surface area (Å²) in [6.45, 7) is 4.32. The molecule has 152 valence electrons. The van der Waals surface area contributed by atoms with Gasteiger partial charge >= 0.3 is 11.9 Å². The monoisotopic (exact) mass is 427 g/mol. The van der Waals surface area contributed by atoms with Crippen LogP contribution in [0.3, 0.4) is 0 Å². The summed E-state index contributed by atoms with van der Waals surface area (Å²) in [6, 6.07) is 6.82. The molecule has 0 spiro atoms. The lowest BCUT2D eigenvalue weighted by Gasteiger charge is -2.43. The largest absolute Gasteiger partial charge is 0.463 e. The van der Waals surface area contributed by atoms with Crippen molar-refractivity contribution >= 4 is 35.3 Å². The van der Waals surface area contributed by atoms with Gasteiger partial charge in [0, 0.05) is 35.5 Å². The summed E-state index contributed by atoms with van der Waals surface area (Å²) in [5.41, 5.74) is 9.70. The zero-order chi connectivity index (χ0) is 20.7. The van der Waals surface area contributed by atoms with Crippen molar-refractivity contribution in [3.63, 3.8) is 0 Å². The molecule has 0 aromatic heterocycles. The Bertz CT molecular complexity index is 741. The molecule has 0 saturated carbocycles. The maximum absolute atomic E-state index is 11.5. The van der Waals surface area contributed by atoms with E-state index in [-0.39, 0.29) is 18.0 Å². The van der Waals surface area contributed by atoms with Crippen LogP contribution in [0.2, 0.25) is 5.02 Å². The molecular weight excluding hydrogens is 406 g/mol. The summed E-state index contributed by atoms with van der Waals surface area (Å²) < 4.78 is 16.5. The van der Waals surface area contributed by atoms with E-state index in [1.165, 1.54) is 25.6 Å². The van der Waals surface area contributed by atoms with Crippen LogP contribution in [-0.2, 0) is 29.6 Å². The first-order valence-electron chi connectivity index (χ1n) is 8.68. The molecule has 0 radical (unpaired) electrons. The molecule has 1 heterocycles. The fraction of sp³-hybridized carbons (Fsp3) is 0.556. The normalized spacial score (nSPS) is 26.8. The molecule has 2 unspecified atom stereocenters. The number of esters is 2. The maximum Gasteiger partial charge on any atom is 0.303 e. The Hall–Kier alpha value is -1.93. The molecule has 1 saturated heterocycles. The fourth-order valence-corrected chi connectivity index (χ4v) is 4.27. The summed E-state index contributed by atoms with van der Waals surface area (Å²) >= 11 is 7.44. The minimum Gasteiger partial charge on any atom is -0.463 e. The number of carbonyl (C=O) groups is 2.